The number of anilines is 1. The summed E-state index contributed by atoms with van der Waals surface area (Å²) >= 11 is 0. The highest BCUT2D eigenvalue weighted by Crippen LogP contribution is 2.14. The van der Waals surface area contributed by atoms with Crippen LogP contribution in [-0.4, -0.2) is 10.5 Å². The van der Waals surface area contributed by atoms with Gasteiger partial charge in [0.25, 0.3) is 0 Å². The largest absolute Gasteiger partial charge is 0.345 e. The fourth-order valence-electron chi connectivity index (χ4n) is 1.95. The van der Waals surface area contributed by atoms with Crippen molar-refractivity contribution in [3.63, 3.8) is 0 Å². The third kappa shape index (κ3) is 3.68. The van der Waals surface area contributed by atoms with E-state index in [9.17, 15) is 9.18 Å². The molecule has 1 amide bonds. The summed E-state index contributed by atoms with van der Waals surface area (Å²) in [5.41, 5.74) is 7.38. The molecule has 0 spiro atoms. The molecule has 3 N–H and O–H groups in total. The Kier molecular flexibility index (Phi) is 4.53. The van der Waals surface area contributed by atoms with Crippen LogP contribution in [0.3, 0.4) is 0 Å². The molecule has 1 aromatic carbocycles. The molecule has 2 rings (SSSR count). The molecular weight excluding hydrogens is 257 g/mol. The molecule has 1 heterocycles. The topological polar surface area (TPSA) is 60.0 Å². The van der Waals surface area contributed by atoms with Crippen LogP contribution >= 0.6 is 0 Å². The number of carbonyl (C=O) groups is 1. The number of nitrogens with zero attached hydrogens (tertiary/aromatic N) is 1. The highest BCUT2D eigenvalue weighted by atomic mass is 19.1. The maximum atomic E-state index is 13.0. The molecule has 20 heavy (non-hydrogen) atoms. The van der Waals surface area contributed by atoms with Gasteiger partial charge < -0.3 is 15.6 Å². The number of rotatable bonds is 5. The average Bonchev–Trinajstić information content (AvgIpc) is 2.86. The summed E-state index contributed by atoms with van der Waals surface area (Å²) in [6.07, 6.45) is 4.52. The lowest BCUT2D eigenvalue weighted by Gasteiger charge is -2.07. The van der Waals surface area contributed by atoms with Crippen LogP contribution in [0.2, 0.25) is 0 Å². The van der Waals surface area contributed by atoms with Crippen LogP contribution in [0, 0.1) is 5.82 Å². The third-order valence-corrected chi connectivity index (χ3v) is 3.08. The highest BCUT2D eigenvalue weighted by Gasteiger charge is 2.08. The summed E-state index contributed by atoms with van der Waals surface area (Å²) in [4.78, 5) is 11.9. The first-order chi connectivity index (χ1) is 9.58. The second-order valence-electron chi connectivity index (χ2n) is 4.69. The number of hydrogen-bond donors (Lipinski definition) is 2. The van der Waals surface area contributed by atoms with Gasteiger partial charge in [-0.3, -0.25) is 4.79 Å². The fraction of sp³-hybridized carbons (Fsp3) is 0.267. The minimum Gasteiger partial charge on any atom is -0.345 e. The van der Waals surface area contributed by atoms with Gasteiger partial charge in [-0.15, -0.1) is 0 Å². The van der Waals surface area contributed by atoms with E-state index in [1.165, 1.54) is 12.1 Å². The molecule has 5 heteroatoms. The Balaban J connectivity index is 1.96. The Morgan fingerprint density at radius 3 is 2.95 bits per heavy atom. The van der Waals surface area contributed by atoms with Gasteiger partial charge in [-0.2, -0.15) is 0 Å². The van der Waals surface area contributed by atoms with Crippen LogP contribution in [0.1, 0.15) is 24.9 Å². The van der Waals surface area contributed by atoms with E-state index < -0.39 is 0 Å². The standard InChI is InChI=1S/C15H18FN3O/c1-2-14(17)11-6-7-19(9-11)10-15(20)18-13-5-3-4-12(16)8-13/h3-9,14H,2,10,17H2,1H3,(H,18,20). The summed E-state index contributed by atoms with van der Waals surface area (Å²) in [6.45, 7) is 2.19. The first-order valence-electron chi connectivity index (χ1n) is 6.55. The number of carbonyl (C=O) groups excluding carboxylic acids is 1. The zero-order chi connectivity index (χ0) is 14.5. The van der Waals surface area contributed by atoms with Crippen molar-refractivity contribution >= 4 is 11.6 Å². The average molecular weight is 275 g/mol. The second-order valence-corrected chi connectivity index (χ2v) is 4.69. The van der Waals surface area contributed by atoms with Crippen molar-refractivity contribution in [3.8, 4) is 0 Å². The van der Waals surface area contributed by atoms with Gasteiger partial charge in [0.2, 0.25) is 5.91 Å². The maximum Gasteiger partial charge on any atom is 0.244 e. The Bertz CT molecular complexity index is 594. The molecule has 0 bridgehead atoms. The van der Waals surface area contributed by atoms with Gasteiger partial charge in [0.05, 0.1) is 0 Å². The molecule has 4 nitrogen and oxygen atoms in total. The number of benzene rings is 1. The Morgan fingerprint density at radius 2 is 2.25 bits per heavy atom. The van der Waals surface area contributed by atoms with Crippen LogP contribution in [-0.2, 0) is 11.3 Å². The Labute approximate surface area is 117 Å². The smallest absolute Gasteiger partial charge is 0.244 e. The summed E-state index contributed by atoms with van der Waals surface area (Å²) in [6, 6.07) is 7.71. The molecule has 0 aliphatic carbocycles. The molecule has 1 atom stereocenters. The molecule has 1 aromatic heterocycles. The molecular formula is C15H18FN3O. The van der Waals surface area contributed by atoms with Crippen molar-refractivity contribution in [2.24, 2.45) is 5.73 Å². The van der Waals surface area contributed by atoms with Crippen LogP contribution in [0.25, 0.3) is 0 Å². The highest BCUT2D eigenvalue weighted by molar-refractivity contribution is 5.90. The predicted molar refractivity (Wildman–Crippen MR) is 76.7 cm³/mol. The number of amides is 1. The van der Waals surface area contributed by atoms with Crippen molar-refractivity contribution in [1.82, 2.24) is 4.57 Å². The molecule has 106 valence electrons. The second kappa shape index (κ2) is 6.34. The minimum absolute atomic E-state index is 0.0115. The van der Waals surface area contributed by atoms with Crippen LogP contribution < -0.4 is 11.1 Å². The van der Waals surface area contributed by atoms with Gasteiger partial charge >= 0.3 is 0 Å². The molecule has 1 unspecified atom stereocenters. The quantitative estimate of drug-likeness (QED) is 0.881. The number of nitrogens with one attached hydrogen (secondary N) is 1. The first kappa shape index (κ1) is 14.3. The zero-order valence-electron chi connectivity index (χ0n) is 11.3. The van der Waals surface area contributed by atoms with E-state index in [1.807, 2.05) is 25.4 Å². The van der Waals surface area contributed by atoms with E-state index in [1.54, 1.807) is 16.7 Å². The number of hydrogen-bond acceptors (Lipinski definition) is 2. The van der Waals surface area contributed by atoms with E-state index in [2.05, 4.69) is 5.32 Å². The molecule has 0 aliphatic heterocycles. The molecule has 0 fully saturated rings. The monoisotopic (exact) mass is 275 g/mol. The number of aromatic nitrogens is 1. The SMILES string of the molecule is CCC(N)c1ccn(CC(=O)Nc2cccc(F)c2)c1. The van der Waals surface area contributed by atoms with E-state index in [4.69, 9.17) is 5.73 Å². The number of nitrogens with two attached hydrogens (primary N) is 1. The van der Waals surface area contributed by atoms with Crippen LogP contribution in [0.15, 0.2) is 42.7 Å². The van der Waals surface area contributed by atoms with Crippen molar-refractivity contribution in [3.05, 3.63) is 54.1 Å². The first-order valence-corrected chi connectivity index (χ1v) is 6.55. The van der Waals surface area contributed by atoms with Crippen molar-refractivity contribution in [2.75, 3.05) is 5.32 Å². The molecule has 0 saturated heterocycles. The Hall–Kier alpha value is -2.14. The summed E-state index contributed by atoms with van der Waals surface area (Å²) in [7, 11) is 0. The van der Waals surface area contributed by atoms with E-state index in [-0.39, 0.29) is 24.3 Å². The fourth-order valence-corrected chi connectivity index (χ4v) is 1.95. The van der Waals surface area contributed by atoms with Crippen molar-refractivity contribution in [2.45, 2.75) is 25.9 Å². The van der Waals surface area contributed by atoms with E-state index in [0.717, 1.165) is 12.0 Å². The minimum atomic E-state index is -0.375. The van der Waals surface area contributed by atoms with Crippen molar-refractivity contribution < 1.29 is 9.18 Å². The number of halogens is 1. The van der Waals surface area contributed by atoms with E-state index >= 15 is 0 Å². The van der Waals surface area contributed by atoms with Gasteiger partial charge in [0.1, 0.15) is 12.4 Å². The molecule has 0 saturated carbocycles. The molecule has 0 radical (unpaired) electrons. The third-order valence-electron chi connectivity index (χ3n) is 3.08. The van der Waals surface area contributed by atoms with Gasteiger partial charge in [0.15, 0.2) is 0 Å². The van der Waals surface area contributed by atoms with Gasteiger partial charge in [-0.05, 0) is 36.2 Å². The molecule has 0 aliphatic rings. The van der Waals surface area contributed by atoms with Crippen molar-refractivity contribution in [1.29, 1.82) is 0 Å². The van der Waals surface area contributed by atoms with Crippen LogP contribution in [0.4, 0.5) is 10.1 Å². The lowest BCUT2D eigenvalue weighted by atomic mass is 10.1. The normalized spacial score (nSPS) is 12.2. The van der Waals surface area contributed by atoms with Gasteiger partial charge in [0, 0.05) is 24.1 Å². The summed E-state index contributed by atoms with van der Waals surface area (Å²) in [5, 5.41) is 2.65. The summed E-state index contributed by atoms with van der Waals surface area (Å²) in [5.74, 6) is -0.581. The Morgan fingerprint density at radius 1 is 1.45 bits per heavy atom. The van der Waals surface area contributed by atoms with Gasteiger partial charge in [-0.1, -0.05) is 13.0 Å². The maximum absolute atomic E-state index is 13.0. The summed E-state index contributed by atoms with van der Waals surface area (Å²) < 4.78 is 14.8. The predicted octanol–water partition coefficient (Wildman–Crippen LogP) is 2.68. The van der Waals surface area contributed by atoms with E-state index in [0.29, 0.717) is 5.69 Å². The lowest BCUT2D eigenvalue weighted by Crippen LogP contribution is -2.18. The lowest BCUT2D eigenvalue weighted by molar-refractivity contribution is -0.116. The molecule has 2 aromatic rings. The van der Waals surface area contributed by atoms with Gasteiger partial charge in [-0.25, -0.2) is 4.39 Å². The van der Waals surface area contributed by atoms with Crippen LogP contribution in [0.5, 0.6) is 0 Å². The zero-order valence-corrected chi connectivity index (χ0v) is 11.3.